The molecule has 0 heterocycles. The molecule has 2 heteroatoms. The maximum absolute atomic E-state index is 10.9. The van der Waals surface area contributed by atoms with Crippen LogP contribution in [-0.2, 0) is 11.2 Å². The van der Waals surface area contributed by atoms with Gasteiger partial charge in [0.15, 0.2) is 0 Å². The summed E-state index contributed by atoms with van der Waals surface area (Å²) in [5.74, 6) is 0.0299. The summed E-state index contributed by atoms with van der Waals surface area (Å²) in [4.78, 5) is 10.9. The van der Waals surface area contributed by atoms with Gasteiger partial charge in [-0.1, -0.05) is 29.8 Å². The van der Waals surface area contributed by atoms with Gasteiger partial charge in [-0.05, 0) is 25.8 Å². The number of aryl methyl sites for hydroxylation is 1. The third-order valence-corrected chi connectivity index (χ3v) is 2.44. The molecule has 1 atom stereocenters. The predicted octanol–water partition coefficient (Wildman–Crippen LogP) is 2.73. The van der Waals surface area contributed by atoms with Gasteiger partial charge in [-0.25, -0.2) is 0 Å². The molecule has 0 radical (unpaired) electrons. The summed E-state index contributed by atoms with van der Waals surface area (Å²) >= 11 is 5.84. The molecule has 0 aliphatic heterocycles. The highest BCUT2D eigenvalue weighted by atomic mass is 35.5. The molecule has 13 heavy (non-hydrogen) atoms. The lowest BCUT2D eigenvalue weighted by atomic mass is 10.1. The second-order valence-electron chi connectivity index (χ2n) is 3.27. The van der Waals surface area contributed by atoms with E-state index in [9.17, 15) is 4.79 Å². The number of alkyl halides is 1. The molecule has 0 fully saturated rings. The molecule has 0 aromatic heterocycles. The SMILES string of the molecule is CC(=O)[C@@H](Cl)Cc1ccc(C)cc1. The largest absolute Gasteiger partial charge is 0.298 e. The van der Waals surface area contributed by atoms with Crippen molar-refractivity contribution in [3.05, 3.63) is 35.4 Å². The highest BCUT2D eigenvalue weighted by Crippen LogP contribution is 2.10. The Kier molecular flexibility index (Phi) is 3.49. The van der Waals surface area contributed by atoms with E-state index in [1.165, 1.54) is 12.5 Å². The van der Waals surface area contributed by atoms with E-state index < -0.39 is 0 Å². The Morgan fingerprint density at radius 3 is 2.38 bits per heavy atom. The summed E-state index contributed by atoms with van der Waals surface area (Å²) in [7, 11) is 0. The predicted molar refractivity (Wildman–Crippen MR) is 55.2 cm³/mol. The lowest BCUT2D eigenvalue weighted by Gasteiger charge is -2.05. The molecule has 1 aromatic carbocycles. The van der Waals surface area contributed by atoms with Crippen LogP contribution in [0.2, 0.25) is 0 Å². The maximum atomic E-state index is 10.9. The maximum Gasteiger partial charge on any atom is 0.147 e. The first-order chi connectivity index (χ1) is 6.09. The van der Waals surface area contributed by atoms with Crippen molar-refractivity contribution in [3.8, 4) is 0 Å². The minimum Gasteiger partial charge on any atom is -0.298 e. The lowest BCUT2D eigenvalue weighted by molar-refractivity contribution is -0.116. The Balaban J connectivity index is 2.64. The Hall–Kier alpha value is -0.820. The van der Waals surface area contributed by atoms with Crippen LogP contribution in [0, 0.1) is 6.92 Å². The molecule has 0 amide bonds. The second kappa shape index (κ2) is 4.43. The molecule has 0 aliphatic carbocycles. The zero-order valence-corrected chi connectivity index (χ0v) is 8.64. The Bertz CT molecular complexity index is 289. The summed E-state index contributed by atoms with van der Waals surface area (Å²) in [6.45, 7) is 3.55. The summed E-state index contributed by atoms with van der Waals surface area (Å²) < 4.78 is 0. The van der Waals surface area contributed by atoms with Crippen LogP contribution in [0.25, 0.3) is 0 Å². The van der Waals surface area contributed by atoms with E-state index in [4.69, 9.17) is 11.6 Å². The highest BCUT2D eigenvalue weighted by Gasteiger charge is 2.10. The van der Waals surface area contributed by atoms with Gasteiger partial charge < -0.3 is 0 Å². The van der Waals surface area contributed by atoms with Gasteiger partial charge in [0.1, 0.15) is 5.78 Å². The zero-order valence-electron chi connectivity index (χ0n) is 7.88. The van der Waals surface area contributed by atoms with Gasteiger partial charge in [0.25, 0.3) is 0 Å². The van der Waals surface area contributed by atoms with E-state index in [2.05, 4.69) is 0 Å². The Morgan fingerprint density at radius 1 is 1.38 bits per heavy atom. The van der Waals surface area contributed by atoms with Crippen LogP contribution in [0.15, 0.2) is 24.3 Å². The molecule has 0 N–H and O–H groups in total. The van der Waals surface area contributed by atoms with E-state index in [-0.39, 0.29) is 11.2 Å². The molecular weight excluding hydrogens is 184 g/mol. The molecule has 1 aromatic rings. The van der Waals surface area contributed by atoms with Gasteiger partial charge in [-0.3, -0.25) is 4.79 Å². The molecule has 0 aliphatic rings. The first-order valence-corrected chi connectivity index (χ1v) is 4.73. The number of benzene rings is 1. The van der Waals surface area contributed by atoms with Gasteiger partial charge in [0.05, 0.1) is 5.38 Å². The van der Waals surface area contributed by atoms with Gasteiger partial charge in [-0.2, -0.15) is 0 Å². The summed E-state index contributed by atoms with van der Waals surface area (Å²) in [5.41, 5.74) is 2.33. The molecule has 70 valence electrons. The zero-order chi connectivity index (χ0) is 9.84. The molecule has 0 unspecified atom stereocenters. The summed E-state index contributed by atoms with van der Waals surface area (Å²) in [6.07, 6.45) is 0.622. The molecule has 0 bridgehead atoms. The first kappa shape index (κ1) is 10.3. The third-order valence-electron chi connectivity index (χ3n) is 1.98. The molecule has 1 rings (SSSR count). The van der Waals surface area contributed by atoms with Crippen molar-refractivity contribution in [1.29, 1.82) is 0 Å². The van der Waals surface area contributed by atoms with E-state index in [0.717, 1.165) is 5.56 Å². The van der Waals surface area contributed by atoms with Crippen LogP contribution in [0.4, 0.5) is 0 Å². The van der Waals surface area contributed by atoms with Crippen LogP contribution >= 0.6 is 11.6 Å². The fraction of sp³-hybridized carbons (Fsp3) is 0.364. The van der Waals surface area contributed by atoms with E-state index in [1.807, 2.05) is 31.2 Å². The second-order valence-corrected chi connectivity index (χ2v) is 3.79. The number of hydrogen-bond donors (Lipinski definition) is 0. The lowest BCUT2D eigenvalue weighted by Crippen LogP contribution is -2.13. The van der Waals surface area contributed by atoms with Gasteiger partial charge >= 0.3 is 0 Å². The number of carbonyl (C=O) groups excluding carboxylic acids is 1. The quantitative estimate of drug-likeness (QED) is 0.680. The van der Waals surface area contributed by atoms with Crippen molar-refractivity contribution >= 4 is 17.4 Å². The Morgan fingerprint density at radius 2 is 1.92 bits per heavy atom. The number of carbonyl (C=O) groups is 1. The summed E-state index contributed by atoms with van der Waals surface area (Å²) in [6, 6.07) is 8.07. The van der Waals surface area contributed by atoms with Crippen molar-refractivity contribution in [3.63, 3.8) is 0 Å². The van der Waals surface area contributed by atoms with Gasteiger partial charge in [-0.15, -0.1) is 11.6 Å². The number of ketones is 1. The average Bonchev–Trinajstić information content (AvgIpc) is 2.08. The van der Waals surface area contributed by atoms with Crippen molar-refractivity contribution in [1.82, 2.24) is 0 Å². The first-order valence-electron chi connectivity index (χ1n) is 4.29. The van der Waals surface area contributed by atoms with Crippen LogP contribution in [0.5, 0.6) is 0 Å². The summed E-state index contributed by atoms with van der Waals surface area (Å²) in [5, 5.41) is -0.386. The number of hydrogen-bond acceptors (Lipinski definition) is 1. The number of Topliss-reactive ketones (excluding diaryl/α,β-unsaturated/α-hetero) is 1. The number of rotatable bonds is 3. The van der Waals surface area contributed by atoms with E-state index in [0.29, 0.717) is 6.42 Å². The van der Waals surface area contributed by atoms with Gasteiger partial charge in [0.2, 0.25) is 0 Å². The molecule has 0 saturated heterocycles. The monoisotopic (exact) mass is 196 g/mol. The number of halogens is 1. The van der Waals surface area contributed by atoms with Crippen molar-refractivity contribution < 1.29 is 4.79 Å². The third kappa shape index (κ3) is 3.19. The smallest absolute Gasteiger partial charge is 0.147 e. The molecule has 1 nitrogen and oxygen atoms in total. The minimum atomic E-state index is -0.386. The topological polar surface area (TPSA) is 17.1 Å². The van der Waals surface area contributed by atoms with Crippen LogP contribution < -0.4 is 0 Å². The van der Waals surface area contributed by atoms with Crippen LogP contribution in [-0.4, -0.2) is 11.2 Å². The van der Waals surface area contributed by atoms with E-state index in [1.54, 1.807) is 0 Å². The van der Waals surface area contributed by atoms with Crippen molar-refractivity contribution in [2.45, 2.75) is 25.6 Å². The van der Waals surface area contributed by atoms with E-state index >= 15 is 0 Å². The average molecular weight is 197 g/mol. The Labute approximate surface area is 83.7 Å². The molecular formula is C11H13ClO. The van der Waals surface area contributed by atoms with Crippen LogP contribution in [0.1, 0.15) is 18.1 Å². The van der Waals surface area contributed by atoms with Crippen LogP contribution in [0.3, 0.4) is 0 Å². The molecule has 0 spiro atoms. The van der Waals surface area contributed by atoms with Crippen molar-refractivity contribution in [2.75, 3.05) is 0 Å². The standard InChI is InChI=1S/C11H13ClO/c1-8-3-5-10(6-4-8)7-11(12)9(2)13/h3-6,11H,7H2,1-2H3/t11-/m0/s1. The highest BCUT2D eigenvalue weighted by molar-refractivity contribution is 6.30. The fourth-order valence-electron chi connectivity index (χ4n) is 1.07. The van der Waals surface area contributed by atoms with Gasteiger partial charge in [0, 0.05) is 0 Å². The molecule has 0 saturated carbocycles. The van der Waals surface area contributed by atoms with Crippen molar-refractivity contribution in [2.24, 2.45) is 0 Å². The fourth-order valence-corrected chi connectivity index (χ4v) is 1.25. The minimum absolute atomic E-state index is 0.0299. The normalized spacial score (nSPS) is 12.5.